The molecule has 0 atom stereocenters. The van der Waals surface area contributed by atoms with Gasteiger partial charge in [0.25, 0.3) is 5.91 Å². The van der Waals surface area contributed by atoms with E-state index in [0.717, 1.165) is 22.6 Å². The van der Waals surface area contributed by atoms with Crippen molar-refractivity contribution in [2.45, 2.75) is 13.5 Å². The highest BCUT2D eigenvalue weighted by Gasteiger charge is 2.08. The van der Waals surface area contributed by atoms with E-state index in [1.165, 1.54) is 6.92 Å². The highest BCUT2D eigenvalue weighted by atomic mass is 16.2. The predicted molar refractivity (Wildman–Crippen MR) is 104 cm³/mol. The summed E-state index contributed by atoms with van der Waals surface area (Å²) in [5, 5.41) is 8.75. The molecule has 0 bridgehead atoms. The minimum atomic E-state index is -0.261. The Morgan fingerprint density at radius 3 is 2.44 bits per heavy atom. The zero-order valence-corrected chi connectivity index (χ0v) is 14.8. The fourth-order valence-corrected chi connectivity index (χ4v) is 2.41. The monoisotopic (exact) mass is 361 g/mol. The molecule has 3 rings (SSSR count). The number of hydrogen-bond donors (Lipinski definition) is 3. The lowest BCUT2D eigenvalue weighted by molar-refractivity contribution is -0.114. The Balaban J connectivity index is 1.62. The number of nitrogens with one attached hydrogen (secondary N) is 3. The number of hydrogen-bond acceptors (Lipinski definition) is 5. The first-order valence-electron chi connectivity index (χ1n) is 8.38. The average molecular weight is 361 g/mol. The lowest BCUT2D eigenvalue weighted by Gasteiger charge is -2.09. The summed E-state index contributed by atoms with van der Waals surface area (Å²) in [7, 11) is 0. The molecule has 3 N–H and O–H groups in total. The molecular weight excluding hydrogens is 342 g/mol. The van der Waals surface area contributed by atoms with E-state index in [1.807, 2.05) is 24.3 Å². The summed E-state index contributed by atoms with van der Waals surface area (Å²) in [5.74, 6) is -0.379. The first-order valence-corrected chi connectivity index (χ1v) is 8.38. The molecule has 0 saturated carbocycles. The molecule has 0 spiro atoms. The maximum atomic E-state index is 12.3. The van der Waals surface area contributed by atoms with Crippen molar-refractivity contribution in [1.82, 2.24) is 15.3 Å². The van der Waals surface area contributed by atoms with Gasteiger partial charge in [0, 0.05) is 49.1 Å². The van der Waals surface area contributed by atoms with Gasteiger partial charge in [-0.2, -0.15) is 0 Å². The number of nitrogens with zero attached hydrogens (tertiary/aromatic N) is 2. The lowest BCUT2D eigenvalue weighted by Crippen LogP contribution is -2.23. The van der Waals surface area contributed by atoms with Gasteiger partial charge in [0.15, 0.2) is 0 Å². The van der Waals surface area contributed by atoms with Gasteiger partial charge in [0.1, 0.15) is 5.69 Å². The number of rotatable bonds is 6. The zero-order valence-electron chi connectivity index (χ0n) is 14.8. The molecule has 2 amide bonds. The second-order valence-electron chi connectivity index (χ2n) is 5.86. The maximum absolute atomic E-state index is 12.3. The van der Waals surface area contributed by atoms with Crippen LogP contribution in [0.15, 0.2) is 67.1 Å². The van der Waals surface area contributed by atoms with E-state index in [4.69, 9.17) is 0 Å². The molecule has 136 valence electrons. The molecule has 7 heteroatoms. The molecule has 27 heavy (non-hydrogen) atoms. The third-order valence-electron chi connectivity index (χ3n) is 3.66. The summed E-state index contributed by atoms with van der Waals surface area (Å²) in [6.07, 6.45) is 4.97. The standard InChI is InChI=1S/C20H19N5O2/c1-14(26)24-16-4-6-17(7-5-16)25-18-8-10-22-19(11-18)20(27)23-13-15-3-2-9-21-12-15/h2-12H,13H2,1H3,(H,22,25)(H,23,27)(H,24,26). The van der Waals surface area contributed by atoms with Crippen molar-refractivity contribution in [3.05, 3.63) is 78.4 Å². The smallest absolute Gasteiger partial charge is 0.270 e. The largest absolute Gasteiger partial charge is 0.355 e. The Morgan fingerprint density at radius 1 is 0.963 bits per heavy atom. The van der Waals surface area contributed by atoms with Gasteiger partial charge in [0.2, 0.25) is 5.91 Å². The van der Waals surface area contributed by atoms with E-state index < -0.39 is 0 Å². The van der Waals surface area contributed by atoms with Gasteiger partial charge in [-0.15, -0.1) is 0 Å². The maximum Gasteiger partial charge on any atom is 0.270 e. The van der Waals surface area contributed by atoms with Crippen LogP contribution in [0.2, 0.25) is 0 Å². The second kappa shape index (κ2) is 8.57. The van der Waals surface area contributed by atoms with Crippen molar-refractivity contribution in [2.24, 2.45) is 0 Å². The third kappa shape index (κ3) is 5.37. The van der Waals surface area contributed by atoms with E-state index in [1.54, 1.807) is 42.9 Å². The number of carbonyl (C=O) groups excluding carboxylic acids is 2. The topological polar surface area (TPSA) is 96.0 Å². The van der Waals surface area contributed by atoms with Gasteiger partial charge < -0.3 is 16.0 Å². The van der Waals surface area contributed by atoms with Crippen molar-refractivity contribution in [3.63, 3.8) is 0 Å². The van der Waals surface area contributed by atoms with Crippen LogP contribution < -0.4 is 16.0 Å². The number of pyridine rings is 2. The molecule has 3 aromatic rings. The summed E-state index contributed by atoms with van der Waals surface area (Å²) in [5.41, 5.74) is 3.53. The SMILES string of the molecule is CC(=O)Nc1ccc(Nc2ccnc(C(=O)NCc3cccnc3)c2)cc1. The minimum absolute atomic E-state index is 0.119. The van der Waals surface area contributed by atoms with Crippen molar-refractivity contribution < 1.29 is 9.59 Å². The molecule has 0 aliphatic heterocycles. The van der Waals surface area contributed by atoms with Crippen LogP contribution >= 0.6 is 0 Å². The van der Waals surface area contributed by atoms with Gasteiger partial charge in [-0.25, -0.2) is 0 Å². The third-order valence-corrected chi connectivity index (χ3v) is 3.66. The van der Waals surface area contributed by atoms with Crippen molar-refractivity contribution in [1.29, 1.82) is 0 Å². The number of anilines is 3. The minimum Gasteiger partial charge on any atom is -0.355 e. The highest BCUT2D eigenvalue weighted by Crippen LogP contribution is 2.19. The Kier molecular flexibility index (Phi) is 5.73. The van der Waals surface area contributed by atoms with E-state index in [0.29, 0.717) is 12.2 Å². The lowest BCUT2D eigenvalue weighted by atomic mass is 10.2. The van der Waals surface area contributed by atoms with Crippen LogP contribution in [0.3, 0.4) is 0 Å². The van der Waals surface area contributed by atoms with Crippen molar-refractivity contribution >= 4 is 28.9 Å². The molecule has 7 nitrogen and oxygen atoms in total. The molecule has 0 aliphatic carbocycles. The fourth-order valence-electron chi connectivity index (χ4n) is 2.41. The summed E-state index contributed by atoms with van der Waals surface area (Å²) in [6, 6.07) is 14.4. The zero-order chi connectivity index (χ0) is 19.1. The first-order chi connectivity index (χ1) is 13.1. The normalized spacial score (nSPS) is 10.1. The van der Waals surface area contributed by atoms with E-state index in [2.05, 4.69) is 25.9 Å². The molecule has 0 unspecified atom stereocenters. The van der Waals surface area contributed by atoms with Gasteiger partial charge in [-0.3, -0.25) is 19.6 Å². The van der Waals surface area contributed by atoms with Crippen LogP contribution in [-0.4, -0.2) is 21.8 Å². The Labute approximate surface area is 156 Å². The van der Waals surface area contributed by atoms with Gasteiger partial charge >= 0.3 is 0 Å². The Hall–Kier alpha value is -3.74. The Morgan fingerprint density at radius 2 is 1.74 bits per heavy atom. The molecule has 0 saturated heterocycles. The van der Waals surface area contributed by atoms with Gasteiger partial charge in [-0.1, -0.05) is 6.07 Å². The summed E-state index contributed by atoms with van der Waals surface area (Å²) < 4.78 is 0. The molecule has 1 aromatic carbocycles. The second-order valence-corrected chi connectivity index (χ2v) is 5.86. The van der Waals surface area contributed by atoms with Crippen LogP contribution in [0, 0.1) is 0 Å². The van der Waals surface area contributed by atoms with Crippen LogP contribution in [0.25, 0.3) is 0 Å². The quantitative estimate of drug-likeness (QED) is 0.627. The molecule has 0 fully saturated rings. The number of carbonyl (C=O) groups is 2. The van der Waals surface area contributed by atoms with Crippen LogP contribution in [-0.2, 0) is 11.3 Å². The number of amides is 2. The van der Waals surface area contributed by atoms with E-state index in [9.17, 15) is 9.59 Å². The molecular formula is C20H19N5O2. The van der Waals surface area contributed by atoms with E-state index in [-0.39, 0.29) is 11.8 Å². The molecule has 2 aromatic heterocycles. The van der Waals surface area contributed by atoms with Crippen molar-refractivity contribution in [2.75, 3.05) is 10.6 Å². The van der Waals surface area contributed by atoms with Crippen LogP contribution in [0.1, 0.15) is 23.0 Å². The van der Waals surface area contributed by atoms with Crippen LogP contribution in [0.4, 0.5) is 17.1 Å². The first kappa shape index (κ1) is 18.1. The average Bonchev–Trinajstić information content (AvgIpc) is 2.68. The van der Waals surface area contributed by atoms with Gasteiger partial charge in [-0.05, 0) is 48.0 Å². The molecule has 2 heterocycles. The summed E-state index contributed by atoms with van der Waals surface area (Å²) in [4.78, 5) is 31.5. The van der Waals surface area contributed by atoms with Crippen molar-refractivity contribution in [3.8, 4) is 0 Å². The number of benzene rings is 1. The molecule has 0 aliphatic rings. The van der Waals surface area contributed by atoms with E-state index >= 15 is 0 Å². The summed E-state index contributed by atoms with van der Waals surface area (Å²) in [6.45, 7) is 1.85. The molecule has 0 radical (unpaired) electrons. The van der Waals surface area contributed by atoms with Crippen LogP contribution in [0.5, 0.6) is 0 Å². The predicted octanol–water partition coefficient (Wildman–Crippen LogP) is 3.11. The Bertz CT molecular complexity index is 927. The summed E-state index contributed by atoms with van der Waals surface area (Å²) >= 11 is 0. The highest BCUT2D eigenvalue weighted by molar-refractivity contribution is 5.93. The fraction of sp³-hybridized carbons (Fsp3) is 0.100. The number of aromatic nitrogens is 2. The van der Waals surface area contributed by atoms with Gasteiger partial charge in [0.05, 0.1) is 0 Å².